The van der Waals surface area contributed by atoms with Gasteiger partial charge >= 0.3 is 0 Å². The fourth-order valence-corrected chi connectivity index (χ4v) is 8.98. The van der Waals surface area contributed by atoms with E-state index in [0.29, 0.717) is 17.5 Å². The summed E-state index contributed by atoms with van der Waals surface area (Å²) in [5.41, 5.74) is 11.3. The van der Waals surface area contributed by atoms with Crippen LogP contribution in [0.25, 0.3) is 110 Å². The van der Waals surface area contributed by atoms with Crippen LogP contribution in [-0.4, -0.2) is 15.0 Å². The molecule has 0 aliphatic rings. The Balaban J connectivity index is 1.05. The lowest BCUT2D eigenvalue weighted by molar-refractivity contribution is 0.669. The maximum absolute atomic E-state index is 6.69. The zero-order valence-corrected chi connectivity index (χ0v) is 30.9. The summed E-state index contributed by atoms with van der Waals surface area (Å²) in [5, 5.41) is 4.66. The molecular formula is C51H31N3OS. The number of benzene rings is 8. The summed E-state index contributed by atoms with van der Waals surface area (Å²) in [5.74, 6) is 1.78. The zero-order chi connectivity index (χ0) is 37.0. The average Bonchev–Trinajstić information content (AvgIpc) is 3.85. The highest BCUT2D eigenvalue weighted by Crippen LogP contribution is 2.44. The molecule has 0 radical (unpaired) electrons. The number of hydrogen-bond acceptors (Lipinski definition) is 5. The van der Waals surface area contributed by atoms with E-state index in [1.807, 2.05) is 53.8 Å². The van der Waals surface area contributed by atoms with E-state index in [9.17, 15) is 0 Å². The first-order valence-electron chi connectivity index (χ1n) is 18.7. The molecule has 3 aromatic heterocycles. The molecule has 56 heavy (non-hydrogen) atoms. The van der Waals surface area contributed by atoms with Crippen LogP contribution in [0.1, 0.15) is 0 Å². The number of thiophene rings is 1. The van der Waals surface area contributed by atoms with Gasteiger partial charge < -0.3 is 4.42 Å². The monoisotopic (exact) mass is 733 g/mol. The summed E-state index contributed by atoms with van der Waals surface area (Å²) in [6.07, 6.45) is 0. The predicted octanol–water partition coefficient (Wildman–Crippen LogP) is 14.1. The van der Waals surface area contributed by atoms with Crippen LogP contribution in [0.2, 0.25) is 0 Å². The van der Waals surface area contributed by atoms with Crippen LogP contribution in [0.3, 0.4) is 0 Å². The molecule has 5 heteroatoms. The minimum absolute atomic E-state index is 0.564. The highest BCUT2D eigenvalue weighted by Gasteiger charge is 2.19. The highest BCUT2D eigenvalue weighted by atomic mass is 32.1. The smallest absolute Gasteiger partial charge is 0.167 e. The Bertz CT molecular complexity index is 3230. The molecule has 11 rings (SSSR count). The molecular weight excluding hydrogens is 703 g/mol. The van der Waals surface area contributed by atoms with Crippen LogP contribution in [0.5, 0.6) is 0 Å². The molecule has 11 aromatic rings. The number of rotatable bonds is 6. The maximum Gasteiger partial charge on any atom is 0.167 e. The van der Waals surface area contributed by atoms with Crippen LogP contribution >= 0.6 is 11.3 Å². The Kier molecular flexibility index (Phi) is 7.64. The molecule has 0 atom stereocenters. The molecule has 0 amide bonds. The average molecular weight is 734 g/mol. The van der Waals surface area contributed by atoms with E-state index >= 15 is 0 Å². The van der Waals surface area contributed by atoms with E-state index in [0.717, 1.165) is 55.3 Å². The SMILES string of the molecule is c1ccc(-c2ccc(-c3nc(-c4ccccc4)nc(-c4cccc5c4oc4ccc(-c6cc(-c7ccccc7)c7c(c6)sc6ccccc67)cc45)n3)cc2)cc1. The van der Waals surface area contributed by atoms with Crippen molar-refractivity contribution < 1.29 is 4.42 Å². The largest absolute Gasteiger partial charge is 0.455 e. The van der Waals surface area contributed by atoms with Gasteiger partial charge in [-0.3, -0.25) is 0 Å². The van der Waals surface area contributed by atoms with Gasteiger partial charge in [-0.2, -0.15) is 0 Å². The molecule has 0 aliphatic heterocycles. The standard InChI is InChI=1S/C51H31N3OS/c1-4-13-32(14-5-1)33-23-25-36(26-24-33)50-52-49(35-17-8-3-9-18-35)53-51(54-50)41-21-12-20-39-43-29-37(27-28-44(43)55-48(39)41)38-30-42(34-15-6-2-7-16-34)47-40-19-10-11-22-45(40)56-46(47)31-38/h1-31H. The van der Waals surface area contributed by atoms with Crippen LogP contribution < -0.4 is 0 Å². The third-order valence-electron chi connectivity index (χ3n) is 10.6. The minimum Gasteiger partial charge on any atom is -0.455 e. The van der Waals surface area contributed by atoms with Gasteiger partial charge in [-0.05, 0) is 69.8 Å². The molecule has 3 heterocycles. The van der Waals surface area contributed by atoms with Gasteiger partial charge in [0.05, 0.1) is 5.56 Å². The van der Waals surface area contributed by atoms with E-state index in [1.165, 1.54) is 36.9 Å². The van der Waals surface area contributed by atoms with Gasteiger partial charge in [0.15, 0.2) is 17.5 Å². The van der Waals surface area contributed by atoms with Crippen molar-refractivity contribution in [2.24, 2.45) is 0 Å². The van der Waals surface area contributed by atoms with Gasteiger partial charge in [0.1, 0.15) is 11.2 Å². The third kappa shape index (κ3) is 5.56. The quantitative estimate of drug-likeness (QED) is 0.171. The molecule has 0 saturated carbocycles. The number of fused-ring (bicyclic) bond motifs is 6. The van der Waals surface area contributed by atoms with Crippen LogP contribution in [-0.2, 0) is 0 Å². The Morgan fingerprint density at radius 2 is 0.911 bits per heavy atom. The molecule has 262 valence electrons. The lowest BCUT2D eigenvalue weighted by Crippen LogP contribution is -2.00. The van der Waals surface area contributed by atoms with Crippen LogP contribution in [0.4, 0.5) is 0 Å². The van der Waals surface area contributed by atoms with Crippen molar-refractivity contribution in [3.05, 3.63) is 188 Å². The summed E-state index contributed by atoms with van der Waals surface area (Å²) in [6.45, 7) is 0. The Hall–Kier alpha value is -7.21. The van der Waals surface area contributed by atoms with Crippen LogP contribution in [0, 0.1) is 0 Å². The first-order chi connectivity index (χ1) is 27.7. The van der Waals surface area contributed by atoms with E-state index in [4.69, 9.17) is 19.4 Å². The summed E-state index contributed by atoms with van der Waals surface area (Å²) >= 11 is 1.85. The van der Waals surface area contributed by atoms with Crippen LogP contribution in [0.15, 0.2) is 192 Å². The van der Waals surface area contributed by atoms with Gasteiger partial charge in [0.25, 0.3) is 0 Å². The van der Waals surface area contributed by atoms with Gasteiger partial charge in [0, 0.05) is 42.1 Å². The first kappa shape index (κ1) is 32.2. The summed E-state index contributed by atoms with van der Waals surface area (Å²) in [6, 6.07) is 65.7. The Labute approximate surface area is 327 Å². The van der Waals surface area contributed by atoms with Gasteiger partial charge in [0.2, 0.25) is 0 Å². The van der Waals surface area contributed by atoms with Crippen molar-refractivity contribution in [3.63, 3.8) is 0 Å². The van der Waals surface area contributed by atoms with Gasteiger partial charge in [-0.15, -0.1) is 11.3 Å². The number of nitrogens with zero attached hydrogens (tertiary/aromatic N) is 3. The summed E-state index contributed by atoms with van der Waals surface area (Å²) in [4.78, 5) is 15.1. The fraction of sp³-hybridized carbons (Fsp3) is 0. The minimum atomic E-state index is 0.564. The first-order valence-corrected chi connectivity index (χ1v) is 19.5. The van der Waals surface area contributed by atoms with Crippen molar-refractivity contribution in [3.8, 4) is 67.5 Å². The Morgan fingerprint density at radius 1 is 0.339 bits per heavy atom. The second-order valence-electron chi connectivity index (χ2n) is 14.0. The second-order valence-corrected chi connectivity index (χ2v) is 15.1. The van der Waals surface area contributed by atoms with E-state index in [1.54, 1.807) is 0 Å². The van der Waals surface area contributed by atoms with Crippen molar-refractivity contribution in [1.82, 2.24) is 15.0 Å². The Morgan fingerprint density at radius 3 is 1.66 bits per heavy atom. The third-order valence-corrected chi connectivity index (χ3v) is 11.7. The van der Waals surface area contributed by atoms with Crippen molar-refractivity contribution in [2.75, 3.05) is 0 Å². The van der Waals surface area contributed by atoms with Crippen molar-refractivity contribution in [1.29, 1.82) is 0 Å². The van der Waals surface area contributed by atoms with E-state index in [2.05, 4.69) is 146 Å². The molecule has 0 N–H and O–H groups in total. The lowest BCUT2D eigenvalue weighted by atomic mass is 9.94. The van der Waals surface area contributed by atoms with Gasteiger partial charge in [-0.1, -0.05) is 152 Å². The van der Waals surface area contributed by atoms with Crippen molar-refractivity contribution >= 4 is 53.4 Å². The summed E-state index contributed by atoms with van der Waals surface area (Å²) in [7, 11) is 0. The molecule has 0 fully saturated rings. The van der Waals surface area contributed by atoms with E-state index < -0.39 is 0 Å². The maximum atomic E-state index is 6.69. The molecule has 0 spiro atoms. The highest BCUT2D eigenvalue weighted by molar-refractivity contribution is 7.26. The fourth-order valence-electron chi connectivity index (χ4n) is 7.80. The molecule has 0 unspecified atom stereocenters. The predicted molar refractivity (Wildman–Crippen MR) is 233 cm³/mol. The summed E-state index contributed by atoms with van der Waals surface area (Å²) < 4.78 is 9.26. The lowest BCUT2D eigenvalue weighted by Gasteiger charge is -2.10. The van der Waals surface area contributed by atoms with Gasteiger partial charge in [-0.25, -0.2) is 15.0 Å². The molecule has 0 saturated heterocycles. The number of aromatic nitrogens is 3. The zero-order valence-electron chi connectivity index (χ0n) is 30.1. The van der Waals surface area contributed by atoms with Crippen molar-refractivity contribution in [2.45, 2.75) is 0 Å². The van der Waals surface area contributed by atoms with E-state index in [-0.39, 0.29) is 0 Å². The topological polar surface area (TPSA) is 51.8 Å². The normalized spacial score (nSPS) is 11.6. The second kappa shape index (κ2) is 13.3. The number of para-hydroxylation sites is 1. The molecule has 8 aromatic carbocycles. The molecule has 0 bridgehead atoms. The molecule has 4 nitrogen and oxygen atoms in total. The number of hydrogen-bond donors (Lipinski definition) is 0. The molecule has 0 aliphatic carbocycles. The number of furan rings is 1.